The quantitative estimate of drug-likeness (QED) is 0.317. The van der Waals surface area contributed by atoms with Crippen LogP contribution in [-0.2, 0) is 17.8 Å². The number of benzene rings is 2. The van der Waals surface area contributed by atoms with Crippen molar-refractivity contribution in [3.8, 4) is 5.75 Å². The van der Waals surface area contributed by atoms with Crippen molar-refractivity contribution in [3.63, 3.8) is 0 Å². The van der Waals surface area contributed by atoms with Crippen molar-refractivity contribution in [1.29, 1.82) is 0 Å². The van der Waals surface area contributed by atoms with Crippen LogP contribution in [0.3, 0.4) is 0 Å². The highest BCUT2D eigenvalue weighted by atomic mass is 35.5. The van der Waals surface area contributed by atoms with E-state index >= 15 is 0 Å². The molecule has 0 saturated heterocycles. The highest BCUT2D eigenvalue weighted by molar-refractivity contribution is 6.30. The zero-order valence-corrected chi connectivity index (χ0v) is 23.1. The molecule has 6 heteroatoms. The summed E-state index contributed by atoms with van der Waals surface area (Å²) in [7, 11) is 0. The maximum absolute atomic E-state index is 12.9. The maximum Gasteiger partial charge on any atom is 0.338 e. The van der Waals surface area contributed by atoms with Crippen molar-refractivity contribution in [2.24, 2.45) is 17.3 Å². The number of aryl methyl sites for hydroxylation is 1. The highest BCUT2D eigenvalue weighted by Crippen LogP contribution is 2.50. The third-order valence-electron chi connectivity index (χ3n) is 8.06. The second-order valence-electron chi connectivity index (χ2n) is 11.2. The number of hydrogen-bond donors (Lipinski definition) is 1. The summed E-state index contributed by atoms with van der Waals surface area (Å²) >= 11 is 6.30. The highest BCUT2D eigenvalue weighted by Gasteiger charge is 2.47. The number of ether oxygens (including phenoxy) is 2. The molecular weight excluding hydrogens is 486 g/mol. The Morgan fingerprint density at radius 1 is 1.27 bits per heavy atom. The summed E-state index contributed by atoms with van der Waals surface area (Å²) in [5.74, 6) is 1.01. The Morgan fingerprint density at radius 2 is 2.08 bits per heavy atom. The Morgan fingerprint density at radius 3 is 2.78 bits per heavy atom. The molecule has 0 aromatic heterocycles. The topological polar surface area (TPSA) is 59.0 Å². The molecule has 37 heavy (non-hydrogen) atoms. The molecule has 2 aliphatic rings. The fraction of sp³-hybridized carbons (Fsp3) is 0.516. The fourth-order valence-electron chi connectivity index (χ4n) is 5.42. The van der Waals surface area contributed by atoms with Gasteiger partial charge in [0.1, 0.15) is 12.4 Å². The second kappa shape index (κ2) is 11.9. The number of hydrogen-bond acceptors (Lipinski definition) is 5. The molecule has 2 aromatic carbocycles. The Bertz CT molecular complexity index is 1120. The normalized spacial score (nSPS) is 22.5. The number of anilines is 1. The summed E-state index contributed by atoms with van der Waals surface area (Å²) < 4.78 is 11.9. The summed E-state index contributed by atoms with van der Waals surface area (Å²) in [4.78, 5) is 15.2. The Kier molecular flexibility index (Phi) is 8.86. The van der Waals surface area contributed by atoms with Gasteiger partial charge in [-0.1, -0.05) is 44.5 Å². The van der Waals surface area contributed by atoms with Gasteiger partial charge >= 0.3 is 5.97 Å². The molecule has 1 aliphatic heterocycles. The van der Waals surface area contributed by atoms with Gasteiger partial charge < -0.3 is 19.5 Å². The van der Waals surface area contributed by atoms with Gasteiger partial charge in [-0.25, -0.2) is 4.79 Å². The average molecular weight is 526 g/mol. The Balaban J connectivity index is 1.67. The number of halogens is 1. The SMILES string of the molecule is C=C[C@H](O)[C@]1(C)CC[C@H]1CN1CCCCc2cc(Cl)ccc2COc2ccc(C(=O)OCC(C)C)cc21. The first-order chi connectivity index (χ1) is 17.7. The number of nitrogens with zero attached hydrogens (tertiary/aromatic N) is 1. The van der Waals surface area contributed by atoms with E-state index in [1.54, 1.807) is 12.1 Å². The predicted molar refractivity (Wildman–Crippen MR) is 150 cm³/mol. The van der Waals surface area contributed by atoms with Gasteiger partial charge in [-0.05, 0) is 85.4 Å². The van der Waals surface area contributed by atoms with Gasteiger partial charge in [-0.2, -0.15) is 0 Å². The zero-order chi connectivity index (χ0) is 26.6. The molecule has 0 unspecified atom stereocenters. The molecule has 200 valence electrons. The minimum absolute atomic E-state index is 0.199. The van der Waals surface area contributed by atoms with Crippen LogP contribution in [0.2, 0.25) is 5.02 Å². The summed E-state index contributed by atoms with van der Waals surface area (Å²) in [6.07, 6.45) is 6.08. The first-order valence-corrected chi connectivity index (χ1v) is 13.9. The van der Waals surface area contributed by atoms with Crippen LogP contribution in [0.15, 0.2) is 49.1 Å². The van der Waals surface area contributed by atoms with Crippen LogP contribution in [0.5, 0.6) is 5.75 Å². The lowest BCUT2D eigenvalue weighted by atomic mass is 9.58. The van der Waals surface area contributed by atoms with Gasteiger partial charge in [0.2, 0.25) is 0 Å². The van der Waals surface area contributed by atoms with E-state index in [1.165, 1.54) is 5.56 Å². The minimum Gasteiger partial charge on any atom is -0.487 e. The molecule has 0 spiro atoms. The second-order valence-corrected chi connectivity index (χ2v) is 11.6. The van der Waals surface area contributed by atoms with E-state index in [0.717, 1.165) is 67.2 Å². The van der Waals surface area contributed by atoms with Crippen molar-refractivity contribution in [3.05, 3.63) is 70.8 Å². The van der Waals surface area contributed by atoms with Crippen LogP contribution in [0.1, 0.15) is 67.9 Å². The zero-order valence-electron chi connectivity index (χ0n) is 22.3. The number of carbonyl (C=O) groups is 1. The molecule has 1 N–H and O–H groups in total. The number of rotatable bonds is 7. The summed E-state index contributed by atoms with van der Waals surface area (Å²) in [5, 5.41) is 11.4. The number of aliphatic hydroxyl groups is 1. The number of aliphatic hydroxyl groups excluding tert-OH is 1. The fourth-order valence-corrected chi connectivity index (χ4v) is 5.61. The molecule has 1 fully saturated rings. The number of fused-ring (bicyclic) bond motifs is 2. The van der Waals surface area contributed by atoms with Gasteiger partial charge in [0.15, 0.2) is 0 Å². The van der Waals surface area contributed by atoms with Gasteiger partial charge in [-0.3, -0.25) is 0 Å². The van der Waals surface area contributed by atoms with Crippen molar-refractivity contribution in [1.82, 2.24) is 0 Å². The average Bonchev–Trinajstić information content (AvgIpc) is 2.91. The Hall–Kier alpha value is -2.50. The monoisotopic (exact) mass is 525 g/mol. The molecule has 0 amide bonds. The molecule has 4 rings (SSSR count). The van der Waals surface area contributed by atoms with Crippen LogP contribution in [0.4, 0.5) is 5.69 Å². The summed E-state index contributed by atoms with van der Waals surface area (Å²) in [6.45, 7) is 12.5. The van der Waals surface area contributed by atoms with Gasteiger partial charge in [-0.15, -0.1) is 6.58 Å². The Labute approximate surface area is 226 Å². The van der Waals surface area contributed by atoms with E-state index in [0.29, 0.717) is 24.7 Å². The van der Waals surface area contributed by atoms with Crippen LogP contribution in [0.25, 0.3) is 0 Å². The third-order valence-corrected chi connectivity index (χ3v) is 8.30. The lowest BCUT2D eigenvalue weighted by molar-refractivity contribution is -0.0464. The molecule has 2 aromatic rings. The lowest BCUT2D eigenvalue weighted by Crippen LogP contribution is -2.51. The first-order valence-electron chi connectivity index (χ1n) is 13.5. The molecule has 1 heterocycles. The lowest BCUT2D eigenvalue weighted by Gasteiger charge is -2.51. The van der Waals surface area contributed by atoms with E-state index in [1.807, 2.05) is 44.2 Å². The van der Waals surface area contributed by atoms with Crippen molar-refractivity contribution in [2.45, 2.75) is 65.6 Å². The van der Waals surface area contributed by atoms with E-state index in [2.05, 4.69) is 18.4 Å². The van der Waals surface area contributed by atoms with Gasteiger partial charge in [0.25, 0.3) is 0 Å². The van der Waals surface area contributed by atoms with Gasteiger partial charge in [0, 0.05) is 23.5 Å². The molecule has 1 aliphatic carbocycles. The molecule has 0 bridgehead atoms. The molecule has 5 nitrogen and oxygen atoms in total. The predicted octanol–water partition coefficient (Wildman–Crippen LogP) is 6.84. The standard InChI is InChI=1S/C31H40ClNO4/c1-5-29(34)31(4)14-13-25(31)18-33-15-7-6-8-22-16-26(32)11-9-24(22)20-36-28-12-10-23(17-27(28)33)30(35)37-19-21(2)3/h5,9-12,16-17,21,25,29,34H,1,6-8,13-15,18-20H2,2-4H3/t25-,29-,31+/m0/s1. The van der Waals surface area contributed by atoms with Crippen molar-refractivity contribution >= 4 is 23.3 Å². The molecule has 0 radical (unpaired) electrons. The summed E-state index contributed by atoms with van der Waals surface area (Å²) in [6, 6.07) is 11.6. The summed E-state index contributed by atoms with van der Waals surface area (Å²) in [5.41, 5.74) is 3.58. The van der Waals surface area contributed by atoms with Crippen LogP contribution < -0.4 is 9.64 Å². The van der Waals surface area contributed by atoms with E-state index in [4.69, 9.17) is 21.1 Å². The van der Waals surface area contributed by atoms with Gasteiger partial charge in [0.05, 0.1) is 24.0 Å². The molecule has 1 saturated carbocycles. The minimum atomic E-state index is -0.539. The van der Waals surface area contributed by atoms with E-state index < -0.39 is 6.10 Å². The van der Waals surface area contributed by atoms with E-state index in [9.17, 15) is 9.90 Å². The van der Waals surface area contributed by atoms with Crippen molar-refractivity contribution in [2.75, 3.05) is 24.6 Å². The van der Waals surface area contributed by atoms with Crippen LogP contribution in [-0.4, -0.2) is 36.9 Å². The first kappa shape index (κ1) is 27.5. The van der Waals surface area contributed by atoms with Crippen LogP contribution in [0, 0.1) is 17.3 Å². The molecule has 3 atom stereocenters. The van der Waals surface area contributed by atoms with Crippen molar-refractivity contribution < 1.29 is 19.4 Å². The van der Waals surface area contributed by atoms with Crippen LogP contribution >= 0.6 is 11.6 Å². The number of carbonyl (C=O) groups excluding carboxylic acids is 1. The molecular formula is C31H40ClNO4. The smallest absolute Gasteiger partial charge is 0.338 e. The third kappa shape index (κ3) is 6.32. The largest absolute Gasteiger partial charge is 0.487 e. The van der Waals surface area contributed by atoms with E-state index in [-0.39, 0.29) is 17.3 Å². The number of esters is 1. The maximum atomic E-state index is 12.9.